The number of nitrogens with zero attached hydrogens (tertiary/aromatic N) is 2. The molecule has 0 aromatic heterocycles. The van der Waals surface area contributed by atoms with Gasteiger partial charge in [-0.15, -0.1) is 12.4 Å². The Kier molecular flexibility index (Phi) is 5.42. The van der Waals surface area contributed by atoms with Crippen LogP contribution in [0, 0.1) is 21.4 Å². The fraction of sp³-hybridized carbons (Fsp3) is 0.222. The van der Waals surface area contributed by atoms with Gasteiger partial charge in [-0.25, -0.2) is 8.78 Å². The molecule has 98 valence electrons. The molecule has 0 aliphatic carbocycles. The molecular weight excluding hydrogens is 272 g/mol. The summed E-state index contributed by atoms with van der Waals surface area (Å²) in [5.74, 6) is -0.943. The third-order valence-electron chi connectivity index (χ3n) is 2.08. The number of rotatable bonds is 3. The molecule has 0 fully saturated rings. The number of hydrogen-bond donors (Lipinski definition) is 2. The van der Waals surface area contributed by atoms with E-state index in [4.69, 9.17) is 11.0 Å². The molecule has 0 saturated carbocycles. The number of alkyl halides is 2. The van der Waals surface area contributed by atoms with E-state index in [0.717, 1.165) is 12.1 Å². The summed E-state index contributed by atoms with van der Waals surface area (Å²) in [5, 5.41) is 28.6. The van der Waals surface area contributed by atoms with Crippen LogP contribution in [-0.2, 0) is 0 Å². The second kappa shape index (κ2) is 6.09. The highest BCUT2D eigenvalue weighted by Crippen LogP contribution is 2.35. The summed E-state index contributed by atoms with van der Waals surface area (Å²) in [6.45, 7) is 0. The van der Waals surface area contributed by atoms with Crippen LogP contribution in [0.1, 0.15) is 17.2 Å². The molecule has 0 heterocycles. The number of nitro benzene ring substituents is 1. The average molecular weight is 280 g/mol. The van der Waals surface area contributed by atoms with Crippen molar-refractivity contribution >= 4 is 18.1 Å². The molecule has 0 aliphatic rings. The maximum absolute atomic E-state index is 12.4. The second-order valence-electron chi connectivity index (χ2n) is 3.16. The van der Waals surface area contributed by atoms with Crippen LogP contribution in [0.3, 0.4) is 0 Å². The van der Waals surface area contributed by atoms with Crippen molar-refractivity contribution < 1.29 is 18.8 Å². The Bertz CT molecular complexity index is 505. The molecule has 0 radical (unpaired) electrons. The first-order valence-electron chi connectivity index (χ1n) is 4.33. The van der Waals surface area contributed by atoms with Crippen molar-refractivity contribution in [2.75, 3.05) is 0 Å². The van der Waals surface area contributed by atoms with Crippen molar-refractivity contribution in [3.8, 4) is 11.8 Å². The van der Waals surface area contributed by atoms with Gasteiger partial charge in [0.05, 0.1) is 22.6 Å². The van der Waals surface area contributed by atoms with E-state index in [1.165, 1.54) is 0 Å². The summed E-state index contributed by atoms with van der Waals surface area (Å²) in [6.07, 6.45) is -3.01. The van der Waals surface area contributed by atoms with Gasteiger partial charge in [-0.2, -0.15) is 5.26 Å². The molecule has 9 heteroatoms. The normalized spacial score (nSPS) is 11.5. The number of phenols is 1. The zero-order valence-electron chi connectivity index (χ0n) is 8.71. The molecule has 0 spiro atoms. The Morgan fingerprint density at radius 1 is 1.50 bits per heavy atom. The number of nitro groups is 1. The summed E-state index contributed by atoms with van der Waals surface area (Å²) in [6, 6.07) is 1.37. The molecule has 0 bridgehead atoms. The Morgan fingerprint density at radius 2 is 2.06 bits per heavy atom. The van der Waals surface area contributed by atoms with Crippen molar-refractivity contribution in [2.45, 2.75) is 12.5 Å². The van der Waals surface area contributed by atoms with Crippen LogP contribution in [0.2, 0.25) is 0 Å². The van der Waals surface area contributed by atoms with Crippen LogP contribution in [0.4, 0.5) is 14.5 Å². The van der Waals surface area contributed by atoms with Crippen molar-refractivity contribution in [1.82, 2.24) is 0 Å². The summed E-state index contributed by atoms with van der Waals surface area (Å²) in [7, 11) is 0. The highest BCUT2D eigenvalue weighted by Gasteiger charge is 2.27. The van der Waals surface area contributed by atoms with E-state index in [9.17, 15) is 24.0 Å². The van der Waals surface area contributed by atoms with Crippen molar-refractivity contribution in [3.05, 3.63) is 33.4 Å². The van der Waals surface area contributed by atoms with Gasteiger partial charge < -0.3 is 10.8 Å². The van der Waals surface area contributed by atoms with Crippen LogP contribution in [0.15, 0.2) is 12.1 Å². The number of phenolic OH excluding ortho intramolecular Hbond substituents is 1. The Labute approximate surface area is 106 Å². The lowest BCUT2D eigenvalue weighted by atomic mass is 10.0. The predicted octanol–water partition coefficient (Wildman–Crippen LogP) is 1.86. The van der Waals surface area contributed by atoms with Gasteiger partial charge in [-0.1, -0.05) is 0 Å². The topological polar surface area (TPSA) is 113 Å². The second-order valence-corrected chi connectivity index (χ2v) is 3.16. The van der Waals surface area contributed by atoms with E-state index >= 15 is 0 Å². The number of nitriles is 1. The van der Waals surface area contributed by atoms with Gasteiger partial charge in [-0.3, -0.25) is 10.1 Å². The summed E-state index contributed by atoms with van der Waals surface area (Å²) >= 11 is 0. The van der Waals surface area contributed by atoms with Crippen molar-refractivity contribution in [1.29, 1.82) is 5.26 Å². The highest BCUT2D eigenvalue weighted by atomic mass is 35.5. The van der Waals surface area contributed by atoms with Gasteiger partial charge in [-0.05, 0) is 6.07 Å². The summed E-state index contributed by atoms with van der Waals surface area (Å²) < 4.78 is 24.7. The quantitative estimate of drug-likeness (QED) is 0.647. The molecular formula is C9H8ClF2N3O3. The van der Waals surface area contributed by atoms with E-state index in [0.29, 0.717) is 0 Å². The van der Waals surface area contributed by atoms with Gasteiger partial charge in [0.1, 0.15) is 0 Å². The highest BCUT2D eigenvalue weighted by molar-refractivity contribution is 5.85. The van der Waals surface area contributed by atoms with E-state index in [1.807, 2.05) is 0 Å². The van der Waals surface area contributed by atoms with Gasteiger partial charge in [0.2, 0.25) is 0 Å². The van der Waals surface area contributed by atoms with Crippen molar-refractivity contribution in [3.63, 3.8) is 0 Å². The zero-order chi connectivity index (χ0) is 13.2. The van der Waals surface area contributed by atoms with E-state index in [1.54, 1.807) is 6.07 Å². The molecule has 1 aromatic rings. The fourth-order valence-electron chi connectivity index (χ4n) is 1.23. The summed E-state index contributed by atoms with van der Waals surface area (Å²) in [4.78, 5) is 9.57. The minimum Gasteiger partial charge on any atom is -0.502 e. The lowest BCUT2D eigenvalue weighted by molar-refractivity contribution is -0.386. The Hall–Kier alpha value is -1.98. The van der Waals surface area contributed by atoms with Crippen LogP contribution < -0.4 is 5.73 Å². The van der Waals surface area contributed by atoms with Gasteiger partial charge >= 0.3 is 5.69 Å². The largest absolute Gasteiger partial charge is 0.502 e. The molecule has 0 aliphatic heterocycles. The molecule has 0 amide bonds. The maximum Gasteiger partial charge on any atom is 0.312 e. The number of aromatic hydroxyl groups is 1. The zero-order valence-corrected chi connectivity index (χ0v) is 9.53. The lowest BCUT2D eigenvalue weighted by Gasteiger charge is -2.12. The van der Waals surface area contributed by atoms with Gasteiger partial charge in [0, 0.05) is 11.6 Å². The first-order valence-corrected chi connectivity index (χ1v) is 4.33. The standard InChI is InChI=1S/C9H7F2N3O3.ClH/c10-9(11)7(13)5-1-4(3-12)2-6(8(5)15)14(16)17;/h1-2,7,9,15H,13H2;1H/t7-;/m0./s1. The number of nitrogens with two attached hydrogens (primary N) is 1. The molecule has 1 aromatic carbocycles. The molecule has 18 heavy (non-hydrogen) atoms. The minimum absolute atomic E-state index is 0. The smallest absolute Gasteiger partial charge is 0.312 e. The fourth-order valence-corrected chi connectivity index (χ4v) is 1.23. The molecule has 0 unspecified atom stereocenters. The van der Waals surface area contributed by atoms with E-state index in [2.05, 4.69) is 0 Å². The minimum atomic E-state index is -3.01. The molecule has 0 saturated heterocycles. The van der Waals surface area contributed by atoms with Gasteiger partial charge in [0.15, 0.2) is 5.75 Å². The molecule has 1 atom stereocenters. The average Bonchev–Trinajstić information content (AvgIpc) is 2.27. The van der Waals surface area contributed by atoms with E-state index in [-0.39, 0.29) is 18.0 Å². The third-order valence-corrected chi connectivity index (χ3v) is 2.08. The first kappa shape index (κ1) is 16.0. The van der Waals surface area contributed by atoms with Crippen LogP contribution in [0.5, 0.6) is 5.75 Å². The maximum atomic E-state index is 12.4. The molecule has 6 nitrogen and oxygen atoms in total. The molecule has 3 N–H and O–H groups in total. The van der Waals surface area contributed by atoms with Crippen LogP contribution >= 0.6 is 12.4 Å². The SMILES string of the molecule is Cl.N#Cc1cc([C@H](N)C(F)F)c(O)c([N+](=O)[O-])c1. The monoisotopic (exact) mass is 279 g/mol. The lowest BCUT2D eigenvalue weighted by Crippen LogP contribution is -2.19. The van der Waals surface area contributed by atoms with Crippen LogP contribution in [-0.4, -0.2) is 16.5 Å². The predicted molar refractivity (Wildman–Crippen MR) is 59.7 cm³/mol. The van der Waals surface area contributed by atoms with E-state index < -0.39 is 34.4 Å². The van der Waals surface area contributed by atoms with Crippen LogP contribution in [0.25, 0.3) is 0 Å². The number of halogens is 3. The summed E-state index contributed by atoms with van der Waals surface area (Å²) in [5.41, 5.74) is 3.52. The Balaban J connectivity index is 0.00000289. The third kappa shape index (κ3) is 3.03. The number of benzene rings is 1. The molecule has 1 rings (SSSR count). The van der Waals surface area contributed by atoms with Gasteiger partial charge in [0.25, 0.3) is 6.43 Å². The number of hydrogen-bond acceptors (Lipinski definition) is 5. The van der Waals surface area contributed by atoms with Crippen molar-refractivity contribution in [2.24, 2.45) is 5.73 Å². The Morgan fingerprint density at radius 3 is 2.44 bits per heavy atom. The first-order chi connectivity index (χ1) is 7.88.